The number of halogens is 1. The van der Waals surface area contributed by atoms with Gasteiger partial charge in [0.2, 0.25) is 0 Å². The molecule has 3 rings (SSSR count). The second-order valence-corrected chi connectivity index (χ2v) is 6.54. The Labute approximate surface area is 162 Å². The van der Waals surface area contributed by atoms with Crippen LogP contribution in [0, 0.1) is 6.92 Å². The highest BCUT2D eigenvalue weighted by atomic mass is 35.5. The predicted molar refractivity (Wildman–Crippen MR) is 103 cm³/mol. The first-order chi connectivity index (χ1) is 13.0. The first-order valence-electron chi connectivity index (χ1n) is 8.57. The van der Waals surface area contributed by atoms with Crippen molar-refractivity contribution >= 4 is 17.5 Å². The van der Waals surface area contributed by atoms with Crippen LogP contribution in [0.1, 0.15) is 22.6 Å². The van der Waals surface area contributed by atoms with Crippen molar-refractivity contribution in [1.82, 2.24) is 15.0 Å². The molecule has 0 aliphatic heterocycles. The van der Waals surface area contributed by atoms with E-state index in [-0.39, 0.29) is 5.91 Å². The summed E-state index contributed by atoms with van der Waals surface area (Å²) in [5.74, 6) is 1.74. The van der Waals surface area contributed by atoms with E-state index in [0.717, 1.165) is 17.7 Å². The van der Waals surface area contributed by atoms with Gasteiger partial charge in [0.1, 0.15) is 5.75 Å². The lowest BCUT2D eigenvalue weighted by Crippen LogP contribution is -2.28. The van der Waals surface area contributed by atoms with Crippen LogP contribution in [0.3, 0.4) is 0 Å². The molecule has 0 aliphatic rings. The molecule has 27 heavy (non-hydrogen) atoms. The summed E-state index contributed by atoms with van der Waals surface area (Å²) in [6, 6.07) is 14.3. The Hall–Kier alpha value is -2.86. The molecular formula is C20H20ClN3O3. The van der Waals surface area contributed by atoms with Gasteiger partial charge in [-0.05, 0) is 61.9 Å². The maximum atomic E-state index is 12.5. The molecule has 0 unspecified atom stereocenters. The van der Waals surface area contributed by atoms with Crippen molar-refractivity contribution in [3.8, 4) is 17.2 Å². The monoisotopic (exact) mass is 385 g/mol. The van der Waals surface area contributed by atoms with Gasteiger partial charge < -0.3 is 14.2 Å². The van der Waals surface area contributed by atoms with E-state index >= 15 is 0 Å². The predicted octanol–water partition coefficient (Wildman–Crippen LogP) is 4.24. The highest BCUT2D eigenvalue weighted by Gasteiger charge is 2.13. The Bertz CT molecular complexity index is 892. The molecular weight excluding hydrogens is 366 g/mol. The van der Waals surface area contributed by atoms with Crippen molar-refractivity contribution in [2.75, 3.05) is 20.2 Å². The zero-order valence-electron chi connectivity index (χ0n) is 15.2. The number of rotatable bonds is 7. The molecule has 0 bridgehead atoms. The molecule has 0 aliphatic carbocycles. The lowest BCUT2D eigenvalue weighted by atomic mass is 10.1. The molecule has 3 aromatic rings. The van der Waals surface area contributed by atoms with E-state index in [1.807, 2.05) is 12.1 Å². The zero-order valence-corrected chi connectivity index (χ0v) is 15.9. The molecule has 1 amide bonds. The van der Waals surface area contributed by atoms with Crippen LogP contribution in [-0.4, -0.2) is 41.1 Å². The highest BCUT2D eigenvalue weighted by molar-refractivity contribution is 6.30. The van der Waals surface area contributed by atoms with Crippen LogP contribution in [0.4, 0.5) is 0 Å². The zero-order chi connectivity index (χ0) is 19.2. The number of aromatic nitrogens is 2. The summed E-state index contributed by atoms with van der Waals surface area (Å²) in [7, 11) is 1.78. The van der Waals surface area contributed by atoms with E-state index in [4.69, 9.17) is 20.9 Å². The Morgan fingerprint density at radius 3 is 2.48 bits per heavy atom. The van der Waals surface area contributed by atoms with E-state index in [1.165, 1.54) is 0 Å². The quantitative estimate of drug-likeness (QED) is 0.569. The topological polar surface area (TPSA) is 68.5 Å². The summed E-state index contributed by atoms with van der Waals surface area (Å²) in [5, 5.41) is 4.44. The van der Waals surface area contributed by atoms with Crippen LogP contribution in [-0.2, 0) is 0 Å². The molecule has 0 saturated heterocycles. The first-order valence-corrected chi connectivity index (χ1v) is 8.95. The fourth-order valence-electron chi connectivity index (χ4n) is 2.51. The van der Waals surface area contributed by atoms with E-state index < -0.39 is 0 Å². The summed E-state index contributed by atoms with van der Waals surface area (Å²) < 4.78 is 10.8. The van der Waals surface area contributed by atoms with Crippen molar-refractivity contribution in [2.24, 2.45) is 0 Å². The second-order valence-electron chi connectivity index (χ2n) is 6.11. The molecule has 6 nitrogen and oxygen atoms in total. The van der Waals surface area contributed by atoms with Crippen molar-refractivity contribution in [3.63, 3.8) is 0 Å². The van der Waals surface area contributed by atoms with Gasteiger partial charge in [0, 0.05) is 29.7 Å². The molecule has 1 heterocycles. The number of benzene rings is 2. The molecule has 0 radical (unpaired) electrons. The molecule has 7 heteroatoms. The lowest BCUT2D eigenvalue weighted by Gasteiger charge is -2.17. The number of amides is 1. The van der Waals surface area contributed by atoms with Gasteiger partial charge in [0.25, 0.3) is 11.8 Å². The first kappa shape index (κ1) is 18.9. The Balaban J connectivity index is 1.48. The Morgan fingerprint density at radius 1 is 1.15 bits per heavy atom. The van der Waals surface area contributed by atoms with E-state index in [0.29, 0.717) is 35.5 Å². The summed E-state index contributed by atoms with van der Waals surface area (Å²) >= 11 is 5.84. The number of hydrogen-bond acceptors (Lipinski definition) is 5. The number of hydrogen-bond donors (Lipinski definition) is 0. The fourth-order valence-corrected chi connectivity index (χ4v) is 2.64. The minimum absolute atomic E-state index is 0.0465. The van der Waals surface area contributed by atoms with Gasteiger partial charge in [-0.25, -0.2) is 0 Å². The van der Waals surface area contributed by atoms with E-state index in [9.17, 15) is 4.79 Å². The van der Waals surface area contributed by atoms with Gasteiger partial charge in [-0.15, -0.1) is 0 Å². The van der Waals surface area contributed by atoms with Crippen LogP contribution in [0.5, 0.6) is 5.75 Å². The standard InChI is InChI=1S/C20H20ClN3O3/c1-14-22-19(27-23-14)15-4-6-16(7-5-15)20(25)24(2)12-3-13-26-18-10-8-17(21)9-11-18/h4-11H,3,12-13H2,1-2H3. The molecule has 0 saturated carbocycles. The maximum Gasteiger partial charge on any atom is 0.257 e. The normalized spacial score (nSPS) is 10.6. The van der Waals surface area contributed by atoms with Crippen LogP contribution in [0.25, 0.3) is 11.5 Å². The number of carbonyl (C=O) groups excluding carboxylic acids is 1. The van der Waals surface area contributed by atoms with Crippen LogP contribution in [0.15, 0.2) is 53.1 Å². The van der Waals surface area contributed by atoms with Gasteiger partial charge in [-0.3, -0.25) is 4.79 Å². The smallest absolute Gasteiger partial charge is 0.257 e. The van der Waals surface area contributed by atoms with Crippen molar-refractivity contribution in [3.05, 3.63) is 64.9 Å². The van der Waals surface area contributed by atoms with Crippen LogP contribution >= 0.6 is 11.6 Å². The average Bonchev–Trinajstić information content (AvgIpc) is 3.12. The molecule has 0 fully saturated rings. The largest absolute Gasteiger partial charge is 0.494 e. The molecule has 0 atom stereocenters. The Kier molecular flexibility index (Phi) is 6.08. The fraction of sp³-hybridized carbons (Fsp3) is 0.250. The minimum atomic E-state index is -0.0465. The summed E-state index contributed by atoms with van der Waals surface area (Å²) in [6.07, 6.45) is 0.726. The van der Waals surface area contributed by atoms with Gasteiger partial charge in [-0.2, -0.15) is 4.98 Å². The van der Waals surface area contributed by atoms with Gasteiger partial charge >= 0.3 is 0 Å². The van der Waals surface area contributed by atoms with Crippen molar-refractivity contribution < 1.29 is 14.1 Å². The van der Waals surface area contributed by atoms with Gasteiger partial charge in [-0.1, -0.05) is 16.8 Å². The molecule has 140 valence electrons. The summed E-state index contributed by atoms with van der Waals surface area (Å²) in [5.41, 5.74) is 1.39. The van der Waals surface area contributed by atoms with Crippen molar-refractivity contribution in [2.45, 2.75) is 13.3 Å². The highest BCUT2D eigenvalue weighted by Crippen LogP contribution is 2.18. The molecule has 2 aromatic carbocycles. The molecule has 0 spiro atoms. The number of ether oxygens (including phenoxy) is 1. The maximum absolute atomic E-state index is 12.5. The second kappa shape index (κ2) is 8.68. The van der Waals surface area contributed by atoms with E-state index in [2.05, 4.69) is 10.1 Å². The third-order valence-corrected chi connectivity index (χ3v) is 4.23. The third kappa shape index (κ3) is 5.08. The average molecular weight is 386 g/mol. The third-order valence-electron chi connectivity index (χ3n) is 3.97. The van der Waals surface area contributed by atoms with Gasteiger partial charge in [0.05, 0.1) is 6.61 Å². The van der Waals surface area contributed by atoms with E-state index in [1.54, 1.807) is 55.3 Å². The molecule has 1 aromatic heterocycles. The summed E-state index contributed by atoms with van der Waals surface area (Å²) in [6.45, 7) is 2.88. The number of carbonyl (C=O) groups is 1. The lowest BCUT2D eigenvalue weighted by molar-refractivity contribution is 0.0788. The van der Waals surface area contributed by atoms with Crippen molar-refractivity contribution in [1.29, 1.82) is 0 Å². The summed E-state index contributed by atoms with van der Waals surface area (Å²) in [4.78, 5) is 18.4. The minimum Gasteiger partial charge on any atom is -0.494 e. The SMILES string of the molecule is Cc1noc(-c2ccc(C(=O)N(C)CCCOc3ccc(Cl)cc3)cc2)n1. The van der Waals surface area contributed by atoms with Gasteiger partial charge in [0.15, 0.2) is 5.82 Å². The van der Waals surface area contributed by atoms with Crippen LogP contribution < -0.4 is 4.74 Å². The number of nitrogens with zero attached hydrogens (tertiary/aromatic N) is 3. The Morgan fingerprint density at radius 2 is 1.85 bits per heavy atom. The van der Waals surface area contributed by atoms with Crippen LogP contribution in [0.2, 0.25) is 5.02 Å². The molecule has 0 N–H and O–H groups in total. The number of aryl methyl sites for hydroxylation is 1.